The predicted molar refractivity (Wildman–Crippen MR) is 57.9 cm³/mol. The molecule has 1 heterocycles. The average molecular weight is 270 g/mol. The highest BCUT2D eigenvalue weighted by molar-refractivity contribution is 9.10. The first kappa shape index (κ1) is 9.27. The summed E-state index contributed by atoms with van der Waals surface area (Å²) in [4.78, 5) is 0. The monoisotopic (exact) mass is 269 g/mol. The largest absolute Gasteiger partial charge is 0.244 e. The van der Waals surface area contributed by atoms with Crippen LogP contribution in [0.5, 0.6) is 0 Å². The van der Waals surface area contributed by atoms with Gasteiger partial charge >= 0.3 is 0 Å². The number of benzene rings is 1. The Kier molecular flexibility index (Phi) is 2.02. The Morgan fingerprint density at radius 2 is 2.27 bits per heavy atom. The van der Waals surface area contributed by atoms with Crippen LogP contribution in [0.25, 0.3) is 11.0 Å². The van der Waals surface area contributed by atoms with Crippen molar-refractivity contribution < 1.29 is 4.39 Å². The summed E-state index contributed by atoms with van der Waals surface area (Å²) in [6, 6.07) is 2.90. The molecule has 0 unspecified atom stereocenters. The third kappa shape index (κ3) is 1.65. The van der Waals surface area contributed by atoms with E-state index in [0.717, 1.165) is 17.6 Å². The Morgan fingerprint density at radius 1 is 1.47 bits per heavy atom. The maximum Gasteiger partial charge on any atom is 0.127 e. The molecular weight excluding hydrogens is 261 g/mol. The van der Waals surface area contributed by atoms with Gasteiger partial charge in [-0.25, -0.2) is 9.07 Å². The lowest BCUT2D eigenvalue weighted by Crippen LogP contribution is -2.01. The molecule has 3 rings (SSSR count). The highest BCUT2D eigenvalue weighted by Gasteiger charge is 2.23. The van der Waals surface area contributed by atoms with Crippen molar-refractivity contribution in [2.75, 3.05) is 0 Å². The summed E-state index contributed by atoms with van der Waals surface area (Å²) in [6.07, 6.45) is 2.50. The summed E-state index contributed by atoms with van der Waals surface area (Å²) in [6.45, 7) is 0.854. The summed E-state index contributed by atoms with van der Waals surface area (Å²) < 4.78 is 15.7. The van der Waals surface area contributed by atoms with Crippen LogP contribution in [0.4, 0.5) is 4.39 Å². The van der Waals surface area contributed by atoms with E-state index >= 15 is 0 Å². The van der Waals surface area contributed by atoms with Gasteiger partial charge in [0, 0.05) is 12.6 Å². The number of halogens is 2. The minimum atomic E-state index is -0.256. The molecule has 78 valence electrons. The van der Waals surface area contributed by atoms with Crippen molar-refractivity contribution in [1.82, 2.24) is 15.0 Å². The van der Waals surface area contributed by atoms with Gasteiger partial charge in [-0.1, -0.05) is 5.21 Å². The quantitative estimate of drug-likeness (QED) is 0.840. The second-order valence-electron chi connectivity index (χ2n) is 3.97. The summed E-state index contributed by atoms with van der Waals surface area (Å²) in [5.41, 5.74) is 1.51. The first-order chi connectivity index (χ1) is 7.24. The molecule has 1 aliphatic carbocycles. The van der Waals surface area contributed by atoms with Crippen LogP contribution < -0.4 is 0 Å². The molecule has 0 saturated heterocycles. The van der Waals surface area contributed by atoms with Gasteiger partial charge in [0.25, 0.3) is 0 Å². The van der Waals surface area contributed by atoms with Crippen LogP contribution in [0.2, 0.25) is 0 Å². The Bertz CT molecular complexity index is 519. The van der Waals surface area contributed by atoms with Crippen molar-refractivity contribution >= 4 is 27.0 Å². The van der Waals surface area contributed by atoms with Gasteiger partial charge in [-0.2, -0.15) is 0 Å². The van der Waals surface area contributed by atoms with Crippen LogP contribution in [0.15, 0.2) is 16.6 Å². The van der Waals surface area contributed by atoms with E-state index in [9.17, 15) is 4.39 Å². The molecule has 3 nitrogen and oxygen atoms in total. The molecule has 0 N–H and O–H groups in total. The number of hydrogen-bond donors (Lipinski definition) is 0. The van der Waals surface area contributed by atoms with E-state index < -0.39 is 0 Å². The fourth-order valence-corrected chi connectivity index (χ4v) is 2.18. The van der Waals surface area contributed by atoms with E-state index in [2.05, 4.69) is 26.2 Å². The first-order valence-electron chi connectivity index (χ1n) is 4.92. The van der Waals surface area contributed by atoms with E-state index in [-0.39, 0.29) is 5.82 Å². The highest BCUT2D eigenvalue weighted by atomic mass is 79.9. The smallest absolute Gasteiger partial charge is 0.127 e. The molecule has 0 bridgehead atoms. The zero-order valence-electron chi connectivity index (χ0n) is 7.95. The minimum absolute atomic E-state index is 0.256. The SMILES string of the molecule is Fc1cc(Br)c2nnn(CC3CC3)c2c1. The molecule has 1 fully saturated rings. The molecule has 0 aliphatic heterocycles. The Labute approximate surface area is 94.4 Å². The van der Waals surface area contributed by atoms with Gasteiger partial charge in [-0.15, -0.1) is 5.10 Å². The fourth-order valence-electron chi connectivity index (χ4n) is 1.67. The van der Waals surface area contributed by atoms with Crippen molar-refractivity contribution in [2.45, 2.75) is 19.4 Å². The molecule has 5 heteroatoms. The summed E-state index contributed by atoms with van der Waals surface area (Å²) in [7, 11) is 0. The van der Waals surface area contributed by atoms with E-state index in [1.54, 1.807) is 4.68 Å². The summed E-state index contributed by atoms with van der Waals surface area (Å²) in [5.74, 6) is 0.450. The molecule has 1 aromatic heterocycles. The zero-order valence-corrected chi connectivity index (χ0v) is 9.54. The van der Waals surface area contributed by atoms with Gasteiger partial charge in [0.1, 0.15) is 11.3 Å². The third-order valence-electron chi connectivity index (χ3n) is 2.67. The molecule has 0 spiro atoms. The number of aromatic nitrogens is 3. The van der Waals surface area contributed by atoms with Gasteiger partial charge in [-0.05, 0) is 40.8 Å². The fraction of sp³-hybridized carbons (Fsp3) is 0.400. The lowest BCUT2D eigenvalue weighted by molar-refractivity contribution is 0.557. The van der Waals surface area contributed by atoms with Crippen LogP contribution in [0.1, 0.15) is 12.8 Å². The first-order valence-corrected chi connectivity index (χ1v) is 5.71. The van der Waals surface area contributed by atoms with Crippen LogP contribution >= 0.6 is 15.9 Å². The molecule has 1 saturated carbocycles. The third-order valence-corrected chi connectivity index (χ3v) is 3.27. The molecule has 0 radical (unpaired) electrons. The summed E-state index contributed by atoms with van der Waals surface area (Å²) >= 11 is 3.29. The van der Waals surface area contributed by atoms with Crippen LogP contribution in [0.3, 0.4) is 0 Å². The topological polar surface area (TPSA) is 30.7 Å². The van der Waals surface area contributed by atoms with Crippen molar-refractivity contribution in [3.8, 4) is 0 Å². The number of rotatable bonds is 2. The second kappa shape index (κ2) is 3.27. The molecular formula is C10H9BrFN3. The van der Waals surface area contributed by atoms with E-state index in [1.165, 1.54) is 25.0 Å². The van der Waals surface area contributed by atoms with Crippen molar-refractivity contribution in [2.24, 2.45) is 5.92 Å². The van der Waals surface area contributed by atoms with Crippen molar-refractivity contribution in [1.29, 1.82) is 0 Å². The van der Waals surface area contributed by atoms with Crippen LogP contribution in [-0.2, 0) is 6.54 Å². The molecule has 1 aliphatic rings. The van der Waals surface area contributed by atoms with Crippen molar-refractivity contribution in [3.63, 3.8) is 0 Å². The lowest BCUT2D eigenvalue weighted by Gasteiger charge is -2.00. The van der Waals surface area contributed by atoms with E-state index in [1.807, 2.05) is 0 Å². The highest BCUT2D eigenvalue weighted by Crippen LogP contribution is 2.32. The predicted octanol–water partition coefficient (Wildman–Crippen LogP) is 2.74. The Morgan fingerprint density at radius 3 is 3.00 bits per heavy atom. The van der Waals surface area contributed by atoms with Crippen LogP contribution in [0, 0.1) is 11.7 Å². The van der Waals surface area contributed by atoms with Gasteiger partial charge in [0.2, 0.25) is 0 Å². The molecule has 0 atom stereocenters. The molecule has 1 aromatic carbocycles. The van der Waals surface area contributed by atoms with Gasteiger partial charge < -0.3 is 0 Å². The van der Waals surface area contributed by atoms with Gasteiger partial charge in [0.05, 0.1) is 9.99 Å². The number of nitrogens with zero attached hydrogens (tertiary/aromatic N) is 3. The molecule has 0 amide bonds. The maximum atomic E-state index is 13.2. The second-order valence-corrected chi connectivity index (χ2v) is 4.82. The zero-order chi connectivity index (χ0) is 10.4. The van der Waals surface area contributed by atoms with E-state index in [0.29, 0.717) is 10.4 Å². The summed E-state index contributed by atoms with van der Waals surface area (Å²) in [5, 5.41) is 8.09. The van der Waals surface area contributed by atoms with Gasteiger partial charge in [0.15, 0.2) is 0 Å². The standard InChI is InChI=1S/C10H9BrFN3/c11-8-3-7(12)4-9-10(8)13-14-15(9)5-6-1-2-6/h3-4,6H,1-2,5H2. The molecule has 2 aromatic rings. The molecule has 15 heavy (non-hydrogen) atoms. The normalized spacial score (nSPS) is 16.1. The lowest BCUT2D eigenvalue weighted by atomic mass is 10.3. The minimum Gasteiger partial charge on any atom is -0.244 e. The van der Waals surface area contributed by atoms with Gasteiger partial charge in [-0.3, -0.25) is 0 Å². The van der Waals surface area contributed by atoms with Crippen molar-refractivity contribution in [3.05, 3.63) is 22.4 Å². The Balaban J connectivity index is 2.14. The Hall–Kier alpha value is -0.970. The average Bonchev–Trinajstić information content (AvgIpc) is 2.89. The number of hydrogen-bond acceptors (Lipinski definition) is 2. The van der Waals surface area contributed by atoms with Crippen LogP contribution in [-0.4, -0.2) is 15.0 Å². The maximum absolute atomic E-state index is 13.2. The van der Waals surface area contributed by atoms with E-state index in [4.69, 9.17) is 0 Å². The number of fused-ring (bicyclic) bond motifs is 1.